The van der Waals surface area contributed by atoms with Crippen molar-refractivity contribution in [1.29, 1.82) is 0 Å². The van der Waals surface area contributed by atoms with E-state index < -0.39 is 11.8 Å². The topological polar surface area (TPSA) is 96.5 Å². The van der Waals surface area contributed by atoms with Crippen LogP contribution in [0.5, 0.6) is 5.75 Å². The number of nitrogens with one attached hydrogen (secondary N) is 3. The monoisotopic (exact) mass is 403 g/mol. The third kappa shape index (κ3) is 5.23. The number of ether oxygens (including phenoxy) is 1. The normalized spacial score (nSPS) is 10.1. The third-order valence-corrected chi connectivity index (χ3v) is 4.30. The van der Waals surface area contributed by atoms with Gasteiger partial charge in [-0.3, -0.25) is 25.2 Å². The minimum absolute atomic E-state index is 0.274. The lowest BCUT2D eigenvalue weighted by molar-refractivity contribution is 0.0846. The van der Waals surface area contributed by atoms with Crippen LogP contribution in [0.2, 0.25) is 0 Å². The SMILES string of the molecule is COc1ccc(C(=O)NNC(=O)c2cccc(NC(=O)c3cccc(C)c3)c2)cc1. The molecule has 3 aromatic rings. The van der Waals surface area contributed by atoms with Crippen LogP contribution < -0.4 is 20.9 Å². The average molecular weight is 403 g/mol. The summed E-state index contributed by atoms with van der Waals surface area (Å²) in [5.74, 6) is -0.623. The molecule has 0 saturated heterocycles. The fourth-order valence-electron chi connectivity index (χ4n) is 2.73. The number of hydrazine groups is 1. The smallest absolute Gasteiger partial charge is 0.269 e. The zero-order chi connectivity index (χ0) is 21.5. The number of aryl methyl sites for hydroxylation is 1. The van der Waals surface area contributed by atoms with E-state index in [1.807, 2.05) is 13.0 Å². The number of amides is 3. The van der Waals surface area contributed by atoms with Crippen molar-refractivity contribution in [2.45, 2.75) is 6.92 Å². The van der Waals surface area contributed by atoms with E-state index in [-0.39, 0.29) is 11.5 Å². The van der Waals surface area contributed by atoms with Crippen molar-refractivity contribution in [3.8, 4) is 5.75 Å². The minimum Gasteiger partial charge on any atom is -0.497 e. The number of benzene rings is 3. The number of anilines is 1. The van der Waals surface area contributed by atoms with Gasteiger partial charge in [0, 0.05) is 22.4 Å². The molecule has 3 rings (SSSR count). The van der Waals surface area contributed by atoms with E-state index in [0.717, 1.165) is 5.56 Å². The highest BCUT2D eigenvalue weighted by Gasteiger charge is 2.11. The first-order chi connectivity index (χ1) is 14.5. The van der Waals surface area contributed by atoms with Gasteiger partial charge in [0.1, 0.15) is 5.75 Å². The molecule has 0 saturated carbocycles. The van der Waals surface area contributed by atoms with Crippen LogP contribution in [0.15, 0.2) is 72.8 Å². The Morgan fingerprint density at radius 2 is 1.30 bits per heavy atom. The Bertz CT molecular complexity index is 1080. The van der Waals surface area contributed by atoms with Gasteiger partial charge in [0.05, 0.1) is 7.11 Å². The van der Waals surface area contributed by atoms with Crippen molar-refractivity contribution in [2.24, 2.45) is 0 Å². The highest BCUT2D eigenvalue weighted by Crippen LogP contribution is 2.14. The quantitative estimate of drug-likeness (QED) is 0.570. The summed E-state index contributed by atoms with van der Waals surface area (Å²) in [4.78, 5) is 36.9. The summed E-state index contributed by atoms with van der Waals surface area (Å²) in [6.07, 6.45) is 0. The molecular weight excluding hydrogens is 382 g/mol. The van der Waals surface area contributed by atoms with Crippen LogP contribution in [0, 0.1) is 6.92 Å². The fourth-order valence-corrected chi connectivity index (χ4v) is 2.73. The summed E-state index contributed by atoms with van der Waals surface area (Å²) in [5.41, 5.74) is 7.35. The number of methoxy groups -OCH3 is 1. The Morgan fingerprint density at radius 1 is 0.700 bits per heavy atom. The van der Waals surface area contributed by atoms with Crippen LogP contribution in [0.3, 0.4) is 0 Å². The van der Waals surface area contributed by atoms with Gasteiger partial charge >= 0.3 is 0 Å². The van der Waals surface area contributed by atoms with E-state index in [4.69, 9.17) is 4.74 Å². The Morgan fingerprint density at radius 3 is 1.93 bits per heavy atom. The first-order valence-corrected chi connectivity index (χ1v) is 9.19. The van der Waals surface area contributed by atoms with Crippen molar-refractivity contribution < 1.29 is 19.1 Å². The van der Waals surface area contributed by atoms with Crippen LogP contribution >= 0.6 is 0 Å². The van der Waals surface area contributed by atoms with Crippen molar-refractivity contribution in [1.82, 2.24) is 10.9 Å². The molecule has 0 atom stereocenters. The number of hydrogen-bond donors (Lipinski definition) is 3. The molecule has 0 bridgehead atoms. The van der Waals surface area contributed by atoms with Gasteiger partial charge in [-0.15, -0.1) is 0 Å². The van der Waals surface area contributed by atoms with Gasteiger partial charge in [0.15, 0.2) is 0 Å². The van der Waals surface area contributed by atoms with E-state index >= 15 is 0 Å². The molecule has 7 nitrogen and oxygen atoms in total. The van der Waals surface area contributed by atoms with Crippen molar-refractivity contribution >= 4 is 23.4 Å². The van der Waals surface area contributed by atoms with Crippen molar-refractivity contribution in [2.75, 3.05) is 12.4 Å². The lowest BCUT2D eigenvalue weighted by atomic mass is 10.1. The molecule has 30 heavy (non-hydrogen) atoms. The predicted octanol–water partition coefficient (Wildman–Crippen LogP) is 3.33. The molecular formula is C23H21N3O4. The number of carbonyl (C=O) groups excluding carboxylic acids is 3. The third-order valence-electron chi connectivity index (χ3n) is 4.30. The molecule has 0 aliphatic heterocycles. The van der Waals surface area contributed by atoms with Crippen LogP contribution in [-0.2, 0) is 0 Å². The second-order valence-electron chi connectivity index (χ2n) is 6.54. The van der Waals surface area contributed by atoms with Crippen LogP contribution in [-0.4, -0.2) is 24.8 Å². The van der Waals surface area contributed by atoms with Gasteiger partial charge < -0.3 is 10.1 Å². The average Bonchev–Trinajstić information content (AvgIpc) is 2.77. The molecule has 0 heterocycles. The summed E-state index contributed by atoms with van der Waals surface area (Å²) < 4.78 is 5.05. The van der Waals surface area contributed by atoms with E-state index in [2.05, 4.69) is 16.2 Å². The highest BCUT2D eigenvalue weighted by molar-refractivity contribution is 6.05. The second kappa shape index (κ2) is 9.38. The maximum atomic E-state index is 12.4. The van der Waals surface area contributed by atoms with E-state index in [0.29, 0.717) is 22.6 Å². The summed E-state index contributed by atoms with van der Waals surface area (Å²) in [5, 5.41) is 2.76. The fraction of sp³-hybridized carbons (Fsp3) is 0.0870. The first kappa shape index (κ1) is 20.6. The van der Waals surface area contributed by atoms with Gasteiger partial charge in [0.2, 0.25) is 0 Å². The predicted molar refractivity (Wildman–Crippen MR) is 114 cm³/mol. The van der Waals surface area contributed by atoms with Crippen molar-refractivity contribution in [3.63, 3.8) is 0 Å². The Kier molecular flexibility index (Phi) is 6.44. The second-order valence-corrected chi connectivity index (χ2v) is 6.54. The van der Waals surface area contributed by atoms with Gasteiger partial charge in [-0.05, 0) is 61.5 Å². The molecule has 0 unspecified atom stereocenters. The molecule has 3 N–H and O–H groups in total. The standard InChI is InChI=1S/C23H21N3O4/c1-15-5-3-6-17(13-15)21(27)24-19-8-4-7-18(14-19)23(29)26-25-22(28)16-9-11-20(30-2)12-10-16/h3-14H,1-2H3,(H,24,27)(H,25,28)(H,26,29). The maximum Gasteiger partial charge on any atom is 0.269 e. The zero-order valence-electron chi connectivity index (χ0n) is 16.6. The molecule has 3 amide bonds. The van der Waals surface area contributed by atoms with Gasteiger partial charge in [-0.2, -0.15) is 0 Å². The maximum absolute atomic E-state index is 12.4. The molecule has 0 spiro atoms. The van der Waals surface area contributed by atoms with Crippen molar-refractivity contribution in [3.05, 3.63) is 95.1 Å². The molecule has 7 heteroatoms. The van der Waals surface area contributed by atoms with Gasteiger partial charge in [0.25, 0.3) is 17.7 Å². The van der Waals surface area contributed by atoms with E-state index in [9.17, 15) is 14.4 Å². The van der Waals surface area contributed by atoms with E-state index in [1.54, 1.807) is 60.7 Å². The van der Waals surface area contributed by atoms with Crippen LogP contribution in [0.25, 0.3) is 0 Å². The molecule has 0 fully saturated rings. The summed E-state index contributed by atoms with van der Waals surface area (Å²) in [6, 6.07) is 20.1. The van der Waals surface area contributed by atoms with E-state index in [1.165, 1.54) is 13.2 Å². The molecule has 0 aliphatic rings. The zero-order valence-corrected chi connectivity index (χ0v) is 16.6. The lowest BCUT2D eigenvalue weighted by Crippen LogP contribution is -2.41. The summed E-state index contributed by atoms with van der Waals surface area (Å²) in [7, 11) is 1.53. The summed E-state index contributed by atoms with van der Waals surface area (Å²) in [6.45, 7) is 1.90. The van der Waals surface area contributed by atoms with Gasteiger partial charge in [-0.1, -0.05) is 23.8 Å². The molecule has 3 aromatic carbocycles. The van der Waals surface area contributed by atoms with Crippen LogP contribution in [0.1, 0.15) is 36.6 Å². The molecule has 152 valence electrons. The first-order valence-electron chi connectivity index (χ1n) is 9.19. The Labute approximate surface area is 174 Å². The largest absolute Gasteiger partial charge is 0.497 e. The number of carbonyl (C=O) groups is 3. The highest BCUT2D eigenvalue weighted by atomic mass is 16.5. The van der Waals surface area contributed by atoms with Gasteiger partial charge in [-0.25, -0.2) is 0 Å². The molecule has 0 aliphatic carbocycles. The van der Waals surface area contributed by atoms with Crippen LogP contribution in [0.4, 0.5) is 5.69 Å². The number of hydrogen-bond acceptors (Lipinski definition) is 4. The Balaban J connectivity index is 1.61. The molecule has 0 aromatic heterocycles. The number of rotatable bonds is 5. The Hall–Kier alpha value is -4.13. The lowest BCUT2D eigenvalue weighted by Gasteiger charge is -2.10. The molecule has 0 radical (unpaired) electrons. The summed E-state index contributed by atoms with van der Waals surface area (Å²) >= 11 is 0. The minimum atomic E-state index is -0.511.